The van der Waals surface area contributed by atoms with Gasteiger partial charge in [-0.15, -0.1) is 6.58 Å². The average molecular weight is 221 g/mol. The van der Waals surface area contributed by atoms with Crippen molar-refractivity contribution in [1.82, 2.24) is 0 Å². The smallest absolute Gasteiger partial charge is 0.00726 e. The van der Waals surface area contributed by atoms with Crippen LogP contribution in [0.1, 0.15) is 57.8 Å². The number of allylic oxidation sites excluding steroid dienone is 1. The van der Waals surface area contributed by atoms with E-state index in [1.807, 2.05) is 6.08 Å². The van der Waals surface area contributed by atoms with Gasteiger partial charge >= 0.3 is 0 Å². The molecule has 0 saturated heterocycles. The molecule has 0 aliphatic heterocycles. The molecular formula is C15H27N. The molecule has 92 valence electrons. The summed E-state index contributed by atoms with van der Waals surface area (Å²) < 4.78 is 0. The lowest BCUT2D eigenvalue weighted by Crippen LogP contribution is -2.23. The first kappa shape index (κ1) is 12.2. The van der Waals surface area contributed by atoms with Gasteiger partial charge in [-0.2, -0.15) is 0 Å². The number of unbranched alkanes of at least 4 members (excludes halogenated alkanes) is 3. The molecule has 0 amide bonds. The van der Waals surface area contributed by atoms with Crippen LogP contribution in [0.5, 0.6) is 0 Å². The van der Waals surface area contributed by atoms with Crippen LogP contribution in [0.2, 0.25) is 0 Å². The Balaban J connectivity index is 1.58. The standard InChI is InChI=1S/C15H27N/c1-2-3-4-5-6-11-14(16)15-12-9-7-8-10-13(12)15/h2,12-15H,1,3-11,16H2. The van der Waals surface area contributed by atoms with Crippen molar-refractivity contribution >= 4 is 0 Å². The molecule has 0 radical (unpaired) electrons. The minimum Gasteiger partial charge on any atom is -0.327 e. The first-order valence-corrected chi connectivity index (χ1v) is 7.21. The number of nitrogens with two attached hydrogens (primary N) is 1. The monoisotopic (exact) mass is 221 g/mol. The van der Waals surface area contributed by atoms with Crippen LogP contribution in [0.15, 0.2) is 12.7 Å². The second kappa shape index (κ2) is 5.86. The molecule has 0 bridgehead atoms. The third-order valence-electron chi connectivity index (χ3n) is 4.66. The van der Waals surface area contributed by atoms with Crippen molar-refractivity contribution in [2.24, 2.45) is 23.5 Å². The fourth-order valence-corrected chi connectivity index (χ4v) is 3.72. The topological polar surface area (TPSA) is 26.0 Å². The highest BCUT2D eigenvalue weighted by molar-refractivity contribution is 5.03. The van der Waals surface area contributed by atoms with E-state index in [1.165, 1.54) is 57.8 Å². The Kier molecular flexibility index (Phi) is 4.45. The largest absolute Gasteiger partial charge is 0.327 e. The molecule has 2 fully saturated rings. The molecule has 3 atom stereocenters. The summed E-state index contributed by atoms with van der Waals surface area (Å²) in [5.41, 5.74) is 6.33. The summed E-state index contributed by atoms with van der Waals surface area (Å²) in [5, 5.41) is 0. The van der Waals surface area contributed by atoms with Crippen molar-refractivity contribution in [2.45, 2.75) is 63.8 Å². The predicted molar refractivity (Wildman–Crippen MR) is 70.2 cm³/mol. The van der Waals surface area contributed by atoms with Crippen molar-refractivity contribution in [2.75, 3.05) is 0 Å². The van der Waals surface area contributed by atoms with E-state index in [4.69, 9.17) is 5.73 Å². The van der Waals surface area contributed by atoms with Crippen LogP contribution >= 0.6 is 0 Å². The fraction of sp³-hybridized carbons (Fsp3) is 0.867. The summed E-state index contributed by atoms with van der Waals surface area (Å²) in [5.74, 6) is 2.95. The van der Waals surface area contributed by atoms with Crippen LogP contribution in [0.25, 0.3) is 0 Å². The molecule has 1 heteroatoms. The van der Waals surface area contributed by atoms with E-state index >= 15 is 0 Å². The quantitative estimate of drug-likeness (QED) is 0.512. The molecule has 2 saturated carbocycles. The third kappa shape index (κ3) is 2.88. The van der Waals surface area contributed by atoms with Crippen LogP contribution in [0.4, 0.5) is 0 Å². The van der Waals surface area contributed by atoms with Gasteiger partial charge in [0.2, 0.25) is 0 Å². The minimum absolute atomic E-state index is 0.511. The Morgan fingerprint density at radius 2 is 1.81 bits per heavy atom. The van der Waals surface area contributed by atoms with Gasteiger partial charge < -0.3 is 5.73 Å². The Labute approximate surface area is 100 Å². The zero-order valence-corrected chi connectivity index (χ0v) is 10.5. The zero-order valence-electron chi connectivity index (χ0n) is 10.5. The molecule has 0 aromatic rings. The number of rotatable bonds is 7. The van der Waals surface area contributed by atoms with Crippen LogP contribution in [0.3, 0.4) is 0 Å². The Hall–Kier alpha value is -0.300. The third-order valence-corrected chi connectivity index (χ3v) is 4.66. The Morgan fingerprint density at radius 1 is 1.12 bits per heavy atom. The highest BCUT2D eigenvalue weighted by atomic mass is 14.7. The molecule has 2 N–H and O–H groups in total. The van der Waals surface area contributed by atoms with E-state index in [-0.39, 0.29) is 0 Å². The van der Waals surface area contributed by atoms with Crippen molar-refractivity contribution in [1.29, 1.82) is 0 Å². The summed E-state index contributed by atoms with van der Waals surface area (Å²) in [6.45, 7) is 3.76. The van der Waals surface area contributed by atoms with E-state index in [0.717, 1.165) is 17.8 Å². The first-order valence-electron chi connectivity index (χ1n) is 7.21. The maximum atomic E-state index is 6.33. The fourth-order valence-electron chi connectivity index (χ4n) is 3.72. The van der Waals surface area contributed by atoms with Crippen LogP contribution < -0.4 is 5.73 Å². The molecule has 0 heterocycles. The van der Waals surface area contributed by atoms with Gasteiger partial charge in [0.15, 0.2) is 0 Å². The van der Waals surface area contributed by atoms with Gasteiger partial charge in [0.05, 0.1) is 0 Å². The van der Waals surface area contributed by atoms with Crippen molar-refractivity contribution in [3.8, 4) is 0 Å². The Bertz CT molecular complexity index is 211. The van der Waals surface area contributed by atoms with Crippen LogP contribution in [0, 0.1) is 17.8 Å². The predicted octanol–water partition coefficient (Wildman–Crippen LogP) is 3.89. The summed E-state index contributed by atoms with van der Waals surface area (Å²) >= 11 is 0. The van der Waals surface area contributed by atoms with Gasteiger partial charge in [0.25, 0.3) is 0 Å². The molecule has 0 aromatic carbocycles. The maximum absolute atomic E-state index is 6.33. The lowest BCUT2D eigenvalue weighted by molar-refractivity contribution is 0.475. The van der Waals surface area contributed by atoms with Gasteiger partial charge in [0.1, 0.15) is 0 Å². The van der Waals surface area contributed by atoms with Crippen LogP contribution in [-0.4, -0.2) is 6.04 Å². The molecule has 1 nitrogen and oxygen atoms in total. The Morgan fingerprint density at radius 3 is 2.44 bits per heavy atom. The molecule has 2 rings (SSSR count). The normalized spacial score (nSPS) is 34.2. The van der Waals surface area contributed by atoms with E-state index in [2.05, 4.69) is 6.58 Å². The molecule has 0 aromatic heterocycles. The summed E-state index contributed by atoms with van der Waals surface area (Å²) in [4.78, 5) is 0. The molecule has 2 aliphatic rings. The van der Waals surface area contributed by atoms with E-state index in [0.29, 0.717) is 6.04 Å². The molecule has 2 aliphatic carbocycles. The van der Waals surface area contributed by atoms with Gasteiger partial charge in [-0.05, 0) is 49.9 Å². The van der Waals surface area contributed by atoms with E-state index in [1.54, 1.807) is 0 Å². The highest BCUT2D eigenvalue weighted by Crippen LogP contribution is 2.57. The average Bonchev–Trinajstić information content (AvgIpc) is 3.02. The van der Waals surface area contributed by atoms with Crippen molar-refractivity contribution in [3.05, 3.63) is 12.7 Å². The van der Waals surface area contributed by atoms with Crippen molar-refractivity contribution < 1.29 is 0 Å². The van der Waals surface area contributed by atoms with E-state index in [9.17, 15) is 0 Å². The minimum atomic E-state index is 0.511. The molecule has 3 unspecified atom stereocenters. The van der Waals surface area contributed by atoms with Gasteiger partial charge in [-0.25, -0.2) is 0 Å². The lowest BCUT2D eigenvalue weighted by atomic mass is 10.0. The summed E-state index contributed by atoms with van der Waals surface area (Å²) in [6.07, 6.45) is 14.3. The number of fused-ring (bicyclic) bond motifs is 1. The molecular weight excluding hydrogens is 194 g/mol. The summed E-state index contributed by atoms with van der Waals surface area (Å²) in [7, 11) is 0. The second-order valence-electron chi connectivity index (χ2n) is 5.78. The lowest BCUT2D eigenvalue weighted by Gasteiger charge is -2.10. The maximum Gasteiger partial charge on any atom is 0.00726 e. The van der Waals surface area contributed by atoms with Gasteiger partial charge in [0, 0.05) is 6.04 Å². The number of hydrogen-bond donors (Lipinski definition) is 1. The molecule has 16 heavy (non-hydrogen) atoms. The second-order valence-corrected chi connectivity index (χ2v) is 5.78. The summed E-state index contributed by atoms with van der Waals surface area (Å²) in [6, 6.07) is 0.511. The highest BCUT2D eigenvalue weighted by Gasteiger charge is 2.52. The van der Waals surface area contributed by atoms with Crippen LogP contribution in [-0.2, 0) is 0 Å². The van der Waals surface area contributed by atoms with Gasteiger partial charge in [-0.1, -0.05) is 31.8 Å². The van der Waals surface area contributed by atoms with Crippen molar-refractivity contribution in [3.63, 3.8) is 0 Å². The van der Waals surface area contributed by atoms with Gasteiger partial charge in [-0.3, -0.25) is 0 Å². The first-order chi connectivity index (χ1) is 7.84. The number of hydrogen-bond acceptors (Lipinski definition) is 1. The molecule has 0 spiro atoms. The van der Waals surface area contributed by atoms with E-state index < -0.39 is 0 Å². The zero-order chi connectivity index (χ0) is 11.4. The SMILES string of the molecule is C=CCCCCCC(N)C1C2CCCCC21.